The maximum atomic E-state index is 3.55. The molecule has 17 heavy (non-hydrogen) atoms. The average Bonchev–Trinajstić information content (AvgIpc) is 2.33. The van der Waals surface area contributed by atoms with Crippen LogP contribution in [0.1, 0.15) is 32.8 Å². The molecule has 2 heteroatoms. The number of benzene rings is 1. The Labute approximate surface area is 105 Å². The third-order valence-corrected chi connectivity index (χ3v) is 3.82. The van der Waals surface area contributed by atoms with Gasteiger partial charge in [-0.25, -0.2) is 0 Å². The van der Waals surface area contributed by atoms with Gasteiger partial charge >= 0.3 is 0 Å². The predicted molar refractivity (Wildman–Crippen MR) is 73.0 cm³/mol. The first-order valence-corrected chi connectivity index (χ1v) is 6.65. The summed E-state index contributed by atoms with van der Waals surface area (Å²) >= 11 is 0. The van der Waals surface area contributed by atoms with Crippen LogP contribution in [0, 0.1) is 0 Å². The van der Waals surface area contributed by atoms with E-state index in [2.05, 4.69) is 61.3 Å². The third kappa shape index (κ3) is 2.88. The summed E-state index contributed by atoms with van der Waals surface area (Å²) < 4.78 is 0. The van der Waals surface area contributed by atoms with Crippen LogP contribution in [0.2, 0.25) is 0 Å². The monoisotopic (exact) mass is 232 g/mol. The van der Waals surface area contributed by atoms with Gasteiger partial charge in [-0.05, 0) is 25.8 Å². The molecule has 1 saturated heterocycles. The van der Waals surface area contributed by atoms with E-state index in [-0.39, 0.29) is 5.54 Å². The Morgan fingerprint density at radius 2 is 2.00 bits per heavy atom. The molecule has 0 radical (unpaired) electrons. The molecule has 1 N–H and O–H groups in total. The Kier molecular flexibility index (Phi) is 3.85. The molecular weight excluding hydrogens is 208 g/mol. The minimum Gasteiger partial charge on any atom is -0.313 e. The molecular formula is C15H24N2. The molecule has 0 bridgehead atoms. The standard InChI is InChI=1S/C15H24N2/c1-4-14-10-16-12-15(2,3)17(14)11-13-8-6-5-7-9-13/h5-9,14,16H,4,10-12H2,1-3H3. The molecule has 0 aromatic heterocycles. The highest BCUT2D eigenvalue weighted by molar-refractivity contribution is 5.15. The van der Waals surface area contributed by atoms with Gasteiger partial charge in [-0.1, -0.05) is 37.3 Å². The van der Waals surface area contributed by atoms with Gasteiger partial charge in [0.05, 0.1) is 0 Å². The summed E-state index contributed by atoms with van der Waals surface area (Å²) in [5.41, 5.74) is 1.66. The first kappa shape index (κ1) is 12.6. The Morgan fingerprint density at radius 1 is 1.29 bits per heavy atom. The van der Waals surface area contributed by atoms with E-state index in [0.29, 0.717) is 6.04 Å². The van der Waals surface area contributed by atoms with Crippen LogP contribution < -0.4 is 5.32 Å². The van der Waals surface area contributed by atoms with Gasteiger partial charge in [0.1, 0.15) is 0 Å². The second-order valence-corrected chi connectivity index (χ2v) is 5.62. The molecule has 1 aliphatic rings. The number of piperazine rings is 1. The second-order valence-electron chi connectivity index (χ2n) is 5.62. The molecule has 0 amide bonds. The van der Waals surface area contributed by atoms with Crippen molar-refractivity contribution in [3.05, 3.63) is 35.9 Å². The minimum atomic E-state index is 0.245. The van der Waals surface area contributed by atoms with E-state index >= 15 is 0 Å². The Balaban J connectivity index is 2.15. The van der Waals surface area contributed by atoms with Crippen molar-refractivity contribution in [3.63, 3.8) is 0 Å². The summed E-state index contributed by atoms with van der Waals surface area (Å²) in [6, 6.07) is 11.5. The van der Waals surface area contributed by atoms with Crippen molar-refractivity contribution in [2.24, 2.45) is 0 Å². The number of hydrogen-bond donors (Lipinski definition) is 1. The molecule has 1 heterocycles. The lowest BCUT2D eigenvalue weighted by Gasteiger charge is -2.48. The number of nitrogens with one attached hydrogen (secondary N) is 1. The highest BCUT2D eigenvalue weighted by Crippen LogP contribution is 2.24. The first-order chi connectivity index (χ1) is 8.13. The van der Waals surface area contributed by atoms with Gasteiger partial charge < -0.3 is 5.32 Å². The molecule has 0 aliphatic carbocycles. The fourth-order valence-electron chi connectivity index (χ4n) is 2.74. The topological polar surface area (TPSA) is 15.3 Å². The zero-order valence-corrected chi connectivity index (χ0v) is 11.2. The Bertz CT molecular complexity index is 345. The van der Waals surface area contributed by atoms with Crippen LogP contribution in [0.25, 0.3) is 0 Å². The number of nitrogens with zero attached hydrogens (tertiary/aromatic N) is 1. The third-order valence-electron chi connectivity index (χ3n) is 3.82. The second kappa shape index (κ2) is 5.19. The summed E-state index contributed by atoms with van der Waals surface area (Å²) in [6.07, 6.45) is 1.21. The fraction of sp³-hybridized carbons (Fsp3) is 0.600. The molecule has 1 atom stereocenters. The maximum absolute atomic E-state index is 3.55. The van der Waals surface area contributed by atoms with Crippen molar-refractivity contribution in [2.45, 2.75) is 45.3 Å². The zero-order valence-electron chi connectivity index (χ0n) is 11.2. The van der Waals surface area contributed by atoms with Crippen molar-refractivity contribution in [3.8, 4) is 0 Å². The van der Waals surface area contributed by atoms with Crippen LogP contribution in [-0.2, 0) is 6.54 Å². The normalized spacial score (nSPS) is 24.8. The molecule has 0 saturated carbocycles. The Hall–Kier alpha value is -0.860. The van der Waals surface area contributed by atoms with Crippen LogP contribution in [0.15, 0.2) is 30.3 Å². The molecule has 2 nitrogen and oxygen atoms in total. The molecule has 1 unspecified atom stereocenters. The lowest BCUT2D eigenvalue weighted by atomic mass is 9.94. The summed E-state index contributed by atoms with van der Waals surface area (Å²) in [5.74, 6) is 0. The van der Waals surface area contributed by atoms with Gasteiger partial charge in [-0.15, -0.1) is 0 Å². The summed E-state index contributed by atoms with van der Waals surface area (Å²) in [6.45, 7) is 10.2. The minimum absolute atomic E-state index is 0.245. The molecule has 1 aromatic carbocycles. The van der Waals surface area contributed by atoms with Crippen LogP contribution in [-0.4, -0.2) is 29.6 Å². The summed E-state index contributed by atoms with van der Waals surface area (Å²) in [7, 11) is 0. The summed E-state index contributed by atoms with van der Waals surface area (Å²) in [4.78, 5) is 2.65. The average molecular weight is 232 g/mol. The van der Waals surface area contributed by atoms with E-state index in [4.69, 9.17) is 0 Å². The lowest BCUT2D eigenvalue weighted by molar-refractivity contribution is 0.0274. The van der Waals surface area contributed by atoms with Gasteiger partial charge in [0.15, 0.2) is 0 Å². The van der Waals surface area contributed by atoms with E-state index in [0.717, 1.165) is 19.6 Å². The molecule has 0 spiro atoms. The largest absolute Gasteiger partial charge is 0.313 e. The van der Waals surface area contributed by atoms with E-state index in [1.807, 2.05) is 0 Å². The fourth-order valence-corrected chi connectivity index (χ4v) is 2.74. The number of hydrogen-bond acceptors (Lipinski definition) is 2. The quantitative estimate of drug-likeness (QED) is 0.862. The van der Waals surface area contributed by atoms with E-state index < -0.39 is 0 Å². The van der Waals surface area contributed by atoms with Gasteiger partial charge in [-0.3, -0.25) is 4.90 Å². The molecule has 1 aromatic rings. The molecule has 1 fully saturated rings. The van der Waals surface area contributed by atoms with Crippen LogP contribution in [0.5, 0.6) is 0 Å². The Morgan fingerprint density at radius 3 is 2.65 bits per heavy atom. The van der Waals surface area contributed by atoms with Gasteiger partial charge in [-0.2, -0.15) is 0 Å². The van der Waals surface area contributed by atoms with Crippen molar-refractivity contribution in [1.82, 2.24) is 10.2 Å². The van der Waals surface area contributed by atoms with Crippen molar-refractivity contribution < 1.29 is 0 Å². The van der Waals surface area contributed by atoms with E-state index in [1.165, 1.54) is 12.0 Å². The van der Waals surface area contributed by atoms with Crippen LogP contribution >= 0.6 is 0 Å². The van der Waals surface area contributed by atoms with E-state index in [9.17, 15) is 0 Å². The smallest absolute Gasteiger partial charge is 0.0284 e. The van der Waals surface area contributed by atoms with Gasteiger partial charge in [0, 0.05) is 31.2 Å². The van der Waals surface area contributed by atoms with Crippen molar-refractivity contribution in [1.29, 1.82) is 0 Å². The molecule has 1 aliphatic heterocycles. The van der Waals surface area contributed by atoms with E-state index in [1.54, 1.807) is 0 Å². The van der Waals surface area contributed by atoms with Crippen LogP contribution in [0.3, 0.4) is 0 Å². The summed E-state index contributed by atoms with van der Waals surface area (Å²) in [5, 5.41) is 3.55. The van der Waals surface area contributed by atoms with Crippen LogP contribution in [0.4, 0.5) is 0 Å². The zero-order chi connectivity index (χ0) is 12.3. The van der Waals surface area contributed by atoms with Crippen molar-refractivity contribution >= 4 is 0 Å². The highest BCUT2D eigenvalue weighted by atomic mass is 15.3. The maximum Gasteiger partial charge on any atom is 0.0284 e. The molecule has 2 rings (SSSR count). The first-order valence-electron chi connectivity index (χ1n) is 6.65. The van der Waals surface area contributed by atoms with Gasteiger partial charge in [0.25, 0.3) is 0 Å². The lowest BCUT2D eigenvalue weighted by Crippen LogP contribution is -2.62. The SMILES string of the molecule is CCC1CNCC(C)(C)N1Cc1ccccc1. The predicted octanol–water partition coefficient (Wildman–Crippen LogP) is 2.65. The number of rotatable bonds is 3. The highest BCUT2D eigenvalue weighted by Gasteiger charge is 2.35. The van der Waals surface area contributed by atoms with Crippen molar-refractivity contribution in [2.75, 3.05) is 13.1 Å². The van der Waals surface area contributed by atoms with Gasteiger partial charge in [0.2, 0.25) is 0 Å². The molecule has 94 valence electrons.